The van der Waals surface area contributed by atoms with Gasteiger partial charge in [-0.3, -0.25) is 9.69 Å². The number of methoxy groups -OCH3 is 1. The van der Waals surface area contributed by atoms with Crippen LogP contribution in [0.4, 0.5) is 0 Å². The Hall–Kier alpha value is -0.650. The monoisotopic (exact) mass is 258 g/mol. The summed E-state index contributed by atoms with van der Waals surface area (Å²) in [7, 11) is 1.70. The molecule has 2 N–H and O–H groups in total. The molecule has 5 nitrogen and oxygen atoms in total. The summed E-state index contributed by atoms with van der Waals surface area (Å²) in [6, 6.07) is 0.639. The molecule has 1 aliphatic carbocycles. The first-order valence-electron chi connectivity index (χ1n) is 6.75. The second-order valence-corrected chi connectivity index (χ2v) is 5.18. The molecule has 1 fully saturated rings. The lowest BCUT2D eigenvalue weighted by atomic mass is 9.97. The number of aliphatic carboxylic acids is 1. The smallest absolute Gasteiger partial charge is 0.323 e. The van der Waals surface area contributed by atoms with E-state index in [9.17, 15) is 9.90 Å². The maximum atomic E-state index is 11.3. The van der Waals surface area contributed by atoms with E-state index in [2.05, 4.69) is 10.2 Å². The van der Waals surface area contributed by atoms with Gasteiger partial charge in [0.05, 0.1) is 6.61 Å². The fourth-order valence-electron chi connectivity index (χ4n) is 2.15. The zero-order chi connectivity index (χ0) is 13.6. The van der Waals surface area contributed by atoms with Gasteiger partial charge in [-0.2, -0.15) is 0 Å². The number of carboxylic acid groups (broad SMARTS) is 1. The Morgan fingerprint density at radius 1 is 1.50 bits per heavy atom. The number of hydrogen-bond donors (Lipinski definition) is 2. The SMILES string of the molecule is CCNC(C)(CCN(CCOC)C1CC1)C(=O)O. The summed E-state index contributed by atoms with van der Waals surface area (Å²) in [5.74, 6) is -0.771. The van der Waals surface area contributed by atoms with E-state index in [1.165, 1.54) is 12.8 Å². The molecule has 0 saturated heterocycles. The molecule has 1 rings (SSSR count). The minimum Gasteiger partial charge on any atom is -0.480 e. The molecular weight excluding hydrogens is 232 g/mol. The summed E-state index contributed by atoms with van der Waals surface area (Å²) >= 11 is 0. The summed E-state index contributed by atoms with van der Waals surface area (Å²) in [5.41, 5.74) is -0.824. The van der Waals surface area contributed by atoms with E-state index >= 15 is 0 Å². The molecule has 0 radical (unpaired) electrons. The lowest BCUT2D eigenvalue weighted by Gasteiger charge is -2.30. The molecule has 1 atom stereocenters. The number of likely N-dealkylation sites (N-methyl/N-ethyl adjacent to an activating group) is 1. The highest BCUT2D eigenvalue weighted by Gasteiger charge is 2.35. The number of ether oxygens (including phenoxy) is 1. The molecule has 0 bridgehead atoms. The van der Waals surface area contributed by atoms with E-state index in [-0.39, 0.29) is 0 Å². The van der Waals surface area contributed by atoms with Gasteiger partial charge in [-0.15, -0.1) is 0 Å². The van der Waals surface area contributed by atoms with Gasteiger partial charge in [-0.25, -0.2) is 0 Å². The van der Waals surface area contributed by atoms with Crippen molar-refractivity contribution in [1.82, 2.24) is 10.2 Å². The summed E-state index contributed by atoms with van der Waals surface area (Å²) in [4.78, 5) is 13.7. The number of rotatable bonds is 10. The van der Waals surface area contributed by atoms with E-state index in [1.807, 2.05) is 6.92 Å². The van der Waals surface area contributed by atoms with Crippen molar-refractivity contribution in [3.8, 4) is 0 Å². The molecule has 0 aromatic rings. The fraction of sp³-hybridized carbons (Fsp3) is 0.923. The number of carbonyl (C=O) groups is 1. The lowest BCUT2D eigenvalue weighted by molar-refractivity contribution is -0.144. The first-order chi connectivity index (χ1) is 8.53. The molecule has 1 saturated carbocycles. The van der Waals surface area contributed by atoms with Gasteiger partial charge < -0.3 is 15.2 Å². The fourth-order valence-corrected chi connectivity index (χ4v) is 2.15. The number of carboxylic acids is 1. The van der Waals surface area contributed by atoms with Crippen LogP contribution in [0.25, 0.3) is 0 Å². The Bertz CT molecular complexity index is 269. The van der Waals surface area contributed by atoms with Crippen LogP contribution in [-0.4, -0.2) is 60.9 Å². The van der Waals surface area contributed by atoms with Gasteiger partial charge in [-0.1, -0.05) is 6.92 Å². The molecule has 0 amide bonds. The van der Waals surface area contributed by atoms with Gasteiger partial charge in [0.25, 0.3) is 0 Å². The van der Waals surface area contributed by atoms with Crippen LogP contribution in [0.1, 0.15) is 33.1 Å². The summed E-state index contributed by atoms with van der Waals surface area (Å²) in [6.45, 7) is 6.78. The average Bonchev–Trinajstić information content (AvgIpc) is 3.13. The van der Waals surface area contributed by atoms with Crippen LogP contribution >= 0.6 is 0 Å². The molecule has 0 aliphatic heterocycles. The number of nitrogens with zero attached hydrogens (tertiary/aromatic N) is 1. The topological polar surface area (TPSA) is 61.8 Å². The van der Waals surface area contributed by atoms with Crippen LogP contribution in [0.2, 0.25) is 0 Å². The number of nitrogens with one attached hydrogen (secondary N) is 1. The Kier molecular flexibility index (Phi) is 6.05. The third-order valence-corrected chi connectivity index (χ3v) is 3.58. The average molecular weight is 258 g/mol. The third kappa shape index (κ3) is 4.55. The zero-order valence-corrected chi connectivity index (χ0v) is 11.7. The van der Waals surface area contributed by atoms with E-state index < -0.39 is 11.5 Å². The lowest BCUT2D eigenvalue weighted by Crippen LogP contribution is -2.51. The minimum absolute atomic E-state index is 0.621. The maximum absolute atomic E-state index is 11.3. The summed E-state index contributed by atoms with van der Waals surface area (Å²) in [6.07, 6.45) is 3.08. The molecule has 1 aliphatic rings. The van der Waals surface area contributed by atoms with E-state index in [1.54, 1.807) is 14.0 Å². The molecule has 0 spiro atoms. The van der Waals surface area contributed by atoms with Gasteiger partial charge in [0.2, 0.25) is 0 Å². The molecule has 1 unspecified atom stereocenters. The van der Waals surface area contributed by atoms with E-state index in [0.717, 1.165) is 13.1 Å². The highest BCUT2D eigenvalue weighted by atomic mass is 16.5. The van der Waals surface area contributed by atoms with Crippen LogP contribution in [-0.2, 0) is 9.53 Å². The molecule has 0 aromatic heterocycles. The molecule has 18 heavy (non-hydrogen) atoms. The predicted octanol–water partition coefficient (Wildman–Crippen LogP) is 0.940. The third-order valence-electron chi connectivity index (χ3n) is 3.58. The molecule has 5 heteroatoms. The van der Waals surface area contributed by atoms with Gasteiger partial charge in [0.1, 0.15) is 5.54 Å². The highest BCUT2D eigenvalue weighted by Crippen LogP contribution is 2.27. The van der Waals surface area contributed by atoms with Crippen LogP contribution in [0.3, 0.4) is 0 Å². The quantitative estimate of drug-likeness (QED) is 0.610. The Morgan fingerprint density at radius 3 is 2.61 bits per heavy atom. The van der Waals surface area contributed by atoms with Crippen molar-refractivity contribution in [1.29, 1.82) is 0 Å². The standard InChI is InChI=1S/C13H26N2O3/c1-4-14-13(2,12(16)17)7-8-15(9-10-18-3)11-5-6-11/h11,14H,4-10H2,1-3H3,(H,16,17). The first-order valence-corrected chi connectivity index (χ1v) is 6.75. The van der Waals surface area contributed by atoms with E-state index in [4.69, 9.17) is 4.74 Å². The van der Waals surface area contributed by atoms with Crippen LogP contribution in [0.5, 0.6) is 0 Å². The predicted molar refractivity (Wildman–Crippen MR) is 70.8 cm³/mol. The van der Waals surface area contributed by atoms with Gasteiger partial charge in [-0.05, 0) is 32.7 Å². The van der Waals surface area contributed by atoms with Gasteiger partial charge in [0.15, 0.2) is 0 Å². The van der Waals surface area contributed by atoms with Gasteiger partial charge in [0, 0.05) is 26.2 Å². The van der Waals surface area contributed by atoms with Crippen molar-refractivity contribution >= 4 is 5.97 Å². The van der Waals surface area contributed by atoms with Crippen molar-refractivity contribution in [3.63, 3.8) is 0 Å². The van der Waals surface area contributed by atoms with Crippen molar-refractivity contribution in [2.45, 2.75) is 44.7 Å². The Morgan fingerprint density at radius 2 is 2.17 bits per heavy atom. The van der Waals surface area contributed by atoms with Crippen LogP contribution < -0.4 is 5.32 Å². The Labute approximate surface area is 109 Å². The second kappa shape index (κ2) is 7.07. The largest absolute Gasteiger partial charge is 0.480 e. The molecule has 0 heterocycles. The Balaban J connectivity index is 2.45. The highest BCUT2D eigenvalue weighted by molar-refractivity contribution is 5.78. The zero-order valence-electron chi connectivity index (χ0n) is 11.7. The van der Waals surface area contributed by atoms with Crippen LogP contribution in [0.15, 0.2) is 0 Å². The van der Waals surface area contributed by atoms with Crippen molar-refractivity contribution in [2.75, 3.05) is 33.4 Å². The van der Waals surface area contributed by atoms with Gasteiger partial charge >= 0.3 is 5.97 Å². The maximum Gasteiger partial charge on any atom is 0.323 e. The summed E-state index contributed by atoms with van der Waals surface area (Å²) in [5, 5.41) is 12.4. The van der Waals surface area contributed by atoms with Crippen molar-refractivity contribution in [2.24, 2.45) is 0 Å². The van der Waals surface area contributed by atoms with E-state index in [0.29, 0.717) is 25.6 Å². The number of hydrogen-bond acceptors (Lipinski definition) is 4. The second-order valence-electron chi connectivity index (χ2n) is 5.18. The first kappa shape index (κ1) is 15.4. The molecular formula is C13H26N2O3. The van der Waals surface area contributed by atoms with Crippen molar-refractivity contribution < 1.29 is 14.6 Å². The minimum atomic E-state index is -0.824. The summed E-state index contributed by atoms with van der Waals surface area (Å²) < 4.78 is 5.10. The molecule has 106 valence electrons. The van der Waals surface area contributed by atoms with Crippen molar-refractivity contribution in [3.05, 3.63) is 0 Å². The normalized spacial score (nSPS) is 18.9. The van der Waals surface area contributed by atoms with Crippen LogP contribution in [0, 0.1) is 0 Å². The molecule has 0 aromatic carbocycles.